The second-order valence-electron chi connectivity index (χ2n) is 3.75. The molecule has 0 aliphatic heterocycles. The van der Waals surface area contributed by atoms with Gasteiger partial charge in [0.05, 0.1) is 17.6 Å². The first-order chi connectivity index (χ1) is 8.45. The summed E-state index contributed by atoms with van der Waals surface area (Å²) >= 11 is 0. The molecule has 0 aliphatic rings. The van der Waals surface area contributed by atoms with E-state index < -0.39 is 10.9 Å². The number of aromatic nitrogens is 1. The van der Waals surface area contributed by atoms with Crippen molar-refractivity contribution in [3.63, 3.8) is 0 Å². The smallest absolute Gasteiger partial charge is 0.325 e. The van der Waals surface area contributed by atoms with E-state index >= 15 is 0 Å². The van der Waals surface area contributed by atoms with Crippen molar-refractivity contribution >= 4 is 17.5 Å². The lowest BCUT2D eigenvalue weighted by atomic mass is 10.2. The Balaban J connectivity index is 2.86. The topological polar surface area (TPSA) is 85.6 Å². The maximum absolute atomic E-state index is 11.3. The molecule has 98 valence electrons. The van der Waals surface area contributed by atoms with Gasteiger partial charge in [0.1, 0.15) is 12.4 Å². The molecule has 0 aliphatic carbocycles. The van der Waals surface area contributed by atoms with Crippen molar-refractivity contribution in [1.82, 2.24) is 4.98 Å². The number of aryl methyl sites for hydroxylation is 1. The number of nitro groups is 1. The van der Waals surface area contributed by atoms with Crippen LogP contribution in [-0.2, 0) is 9.53 Å². The van der Waals surface area contributed by atoms with Crippen LogP contribution >= 0.6 is 0 Å². The largest absolute Gasteiger partial charge is 0.465 e. The minimum Gasteiger partial charge on any atom is -0.465 e. The summed E-state index contributed by atoms with van der Waals surface area (Å²) in [5.41, 5.74) is 0.462. The summed E-state index contributed by atoms with van der Waals surface area (Å²) in [5, 5.41) is 10.8. The lowest BCUT2D eigenvalue weighted by Crippen LogP contribution is -2.27. The summed E-state index contributed by atoms with van der Waals surface area (Å²) in [5.74, 6) is -0.0367. The molecule has 0 saturated carbocycles. The standard InChI is InChI=1S/C11H15N3O4/c1-4-18-11(15)7-13(3)10-5-9(14(16)17)8(2)6-12-10/h5-6H,4,7H2,1-3H3. The predicted octanol–water partition coefficient (Wildman–Crippen LogP) is 1.30. The highest BCUT2D eigenvalue weighted by Gasteiger charge is 2.16. The number of carbonyl (C=O) groups is 1. The molecule has 0 N–H and O–H groups in total. The molecular weight excluding hydrogens is 238 g/mol. The zero-order valence-corrected chi connectivity index (χ0v) is 10.5. The van der Waals surface area contributed by atoms with Crippen LogP contribution in [-0.4, -0.2) is 36.1 Å². The van der Waals surface area contributed by atoms with Crippen molar-refractivity contribution in [2.45, 2.75) is 13.8 Å². The predicted molar refractivity (Wildman–Crippen MR) is 65.5 cm³/mol. The van der Waals surface area contributed by atoms with Crippen LogP contribution in [0, 0.1) is 17.0 Å². The van der Waals surface area contributed by atoms with Crippen molar-refractivity contribution in [3.8, 4) is 0 Å². The minimum absolute atomic E-state index is 0.00105. The number of carbonyl (C=O) groups excluding carboxylic acids is 1. The van der Waals surface area contributed by atoms with Crippen LogP contribution < -0.4 is 4.90 Å². The van der Waals surface area contributed by atoms with E-state index in [0.29, 0.717) is 18.0 Å². The Morgan fingerprint density at radius 3 is 2.83 bits per heavy atom. The molecule has 0 amide bonds. The summed E-state index contributed by atoms with van der Waals surface area (Å²) in [6.07, 6.45) is 1.41. The van der Waals surface area contributed by atoms with Gasteiger partial charge in [0, 0.05) is 18.8 Å². The lowest BCUT2D eigenvalue weighted by Gasteiger charge is -2.16. The Morgan fingerprint density at radius 1 is 1.61 bits per heavy atom. The van der Waals surface area contributed by atoms with Crippen molar-refractivity contribution in [3.05, 3.63) is 27.9 Å². The number of hydrogen-bond acceptors (Lipinski definition) is 6. The maximum atomic E-state index is 11.3. The van der Waals surface area contributed by atoms with Crippen LogP contribution in [0.15, 0.2) is 12.3 Å². The van der Waals surface area contributed by atoms with E-state index in [-0.39, 0.29) is 12.2 Å². The molecule has 1 aromatic rings. The first-order valence-corrected chi connectivity index (χ1v) is 5.43. The van der Waals surface area contributed by atoms with Crippen LogP contribution in [0.2, 0.25) is 0 Å². The molecule has 0 fully saturated rings. The van der Waals surface area contributed by atoms with Crippen LogP contribution in [0.25, 0.3) is 0 Å². The highest BCUT2D eigenvalue weighted by molar-refractivity contribution is 5.75. The fourth-order valence-electron chi connectivity index (χ4n) is 1.39. The number of likely N-dealkylation sites (N-methyl/N-ethyl adjacent to an activating group) is 1. The van der Waals surface area contributed by atoms with Gasteiger partial charge in [0.25, 0.3) is 5.69 Å². The number of ether oxygens (including phenoxy) is 1. The molecule has 1 rings (SSSR count). The zero-order valence-electron chi connectivity index (χ0n) is 10.5. The second kappa shape index (κ2) is 5.95. The summed E-state index contributed by atoms with van der Waals surface area (Å²) < 4.78 is 4.79. The van der Waals surface area contributed by atoms with Gasteiger partial charge in [-0.3, -0.25) is 14.9 Å². The SMILES string of the molecule is CCOC(=O)CN(C)c1cc([N+](=O)[O-])c(C)cn1. The molecule has 18 heavy (non-hydrogen) atoms. The Hall–Kier alpha value is -2.18. The van der Waals surface area contributed by atoms with E-state index in [1.165, 1.54) is 17.2 Å². The van der Waals surface area contributed by atoms with Gasteiger partial charge in [-0.15, -0.1) is 0 Å². The molecule has 0 saturated heterocycles. The summed E-state index contributed by atoms with van der Waals surface area (Å²) in [4.78, 5) is 27.2. The molecule has 0 bridgehead atoms. The van der Waals surface area contributed by atoms with Gasteiger partial charge in [-0.2, -0.15) is 0 Å². The molecule has 7 heteroatoms. The highest BCUT2D eigenvalue weighted by Crippen LogP contribution is 2.21. The number of pyridine rings is 1. The van der Waals surface area contributed by atoms with Gasteiger partial charge in [0.15, 0.2) is 0 Å². The van der Waals surface area contributed by atoms with Crippen LogP contribution in [0.1, 0.15) is 12.5 Å². The minimum atomic E-state index is -0.473. The molecule has 0 aromatic carbocycles. The van der Waals surface area contributed by atoms with E-state index in [1.54, 1.807) is 20.9 Å². The monoisotopic (exact) mass is 253 g/mol. The molecular formula is C11H15N3O4. The van der Waals surface area contributed by atoms with Crippen LogP contribution in [0.3, 0.4) is 0 Å². The first-order valence-electron chi connectivity index (χ1n) is 5.43. The van der Waals surface area contributed by atoms with Gasteiger partial charge < -0.3 is 9.64 Å². The highest BCUT2D eigenvalue weighted by atomic mass is 16.6. The average molecular weight is 253 g/mol. The van der Waals surface area contributed by atoms with Gasteiger partial charge in [-0.1, -0.05) is 0 Å². The molecule has 0 spiro atoms. The zero-order chi connectivity index (χ0) is 13.7. The first kappa shape index (κ1) is 13.9. The second-order valence-corrected chi connectivity index (χ2v) is 3.75. The van der Waals surface area contributed by atoms with E-state index in [9.17, 15) is 14.9 Å². The fraction of sp³-hybridized carbons (Fsp3) is 0.455. The maximum Gasteiger partial charge on any atom is 0.325 e. The summed E-state index contributed by atoms with van der Waals surface area (Å²) in [7, 11) is 1.62. The molecule has 7 nitrogen and oxygen atoms in total. The van der Waals surface area contributed by atoms with Crippen molar-refractivity contribution in [1.29, 1.82) is 0 Å². The van der Waals surface area contributed by atoms with Crippen LogP contribution in [0.5, 0.6) is 0 Å². The summed E-state index contributed by atoms with van der Waals surface area (Å²) in [6, 6.07) is 1.34. The number of rotatable bonds is 5. The summed E-state index contributed by atoms with van der Waals surface area (Å²) in [6.45, 7) is 3.63. The van der Waals surface area contributed by atoms with Crippen molar-refractivity contribution in [2.75, 3.05) is 25.1 Å². The average Bonchev–Trinajstić information content (AvgIpc) is 2.29. The van der Waals surface area contributed by atoms with Crippen molar-refractivity contribution < 1.29 is 14.5 Å². The normalized spacial score (nSPS) is 9.94. The lowest BCUT2D eigenvalue weighted by molar-refractivity contribution is -0.385. The number of anilines is 1. The molecule has 0 radical (unpaired) electrons. The molecule has 1 heterocycles. The Kier molecular flexibility index (Phi) is 4.59. The third kappa shape index (κ3) is 3.41. The van der Waals surface area contributed by atoms with E-state index in [4.69, 9.17) is 4.74 Å². The molecule has 1 aromatic heterocycles. The van der Waals surface area contributed by atoms with Gasteiger partial charge in [0.2, 0.25) is 0 Å². The Labute approximate surface area is 105 Å². The Bertz CT molecular complexity index is 462. The number of esters is 1. The van der Waals surface area contributed by atoms with E-state index in [2.05, 4.69) is 4.98 Å². The molecule has 0 atom stereocenters. The number of nitrogens with zero attached hydrogens (tertiary/aromatic N) is 3. The van der Waals surface area contributed by atoms with E-state index in [1.807, 2.05) is 0 Å². The van der Waals surface area contributed by atoms with Gasteiger partial charge >= 0.3 is 5.97 Å². The van der Waals surface area contributed by atoms with Gasteiger partial charge in [-0.25, -0.2) is 4.98 Å². The quantitative estimate of drug-likeness (QED) is 0.446. The molecule has 0 unspecified atom stereocenters. The Morgan fingerprint density at radius 2 is 2.28 bits per heavy atom. The van der Waals surface area contributed by atoms with Crippen molar-refractivity contribution in [2.24, 2.45) is 0 Å². The van der Waals surface area contributed by atoms with Gasteiger partial charge in [-0.05, 0) is 13.8 Å². The third-order valence-electron chi connectivity index (χ3n) is 2.32. The third-order valence-corrected chi connectivity index (χ3v) is 2.32. The number of hydrogen-bond donors (Lipinski definition) is 0. The van der Waals surface area contributed by atoms with E-state index in [0.717, 1.165) is 0 Å². The van der Waals surface area contributed by atoms with Crippen LogP contribution in [0.4, 0.5) is 11.5 Å². The fourth-order valence-corrected chi connectivity index (χ4v) is 1.39.